The van der Waals surface area contributed by atoms with Crippen LogP contribution in [0, 0.1) is 5.82 Å². The molecule has 142 valence electrons. The third kappa shape index (κ3) is 3.40. The number of halogens is 1. The molecule has 2 aliphatic heterocycles. The minimum absolute atomic E-state index is 0.119. The predicted octanol–water partition coefficient (Wildman–Crippen LogP) is 2.26. The molecule has 1 aromatic rings. The van der Waals surface area contributed by atoms with Gasteiger partial charge in [-0.05, 0) is 27.1 Å². The number of hydrogen-bond donors (Lipinski definition) is 0. The van der Waals surface area contributed by atoms with E-state index in [1.807, 2.05) is 6.92 Å². The van der Waals surface area contributed by atoms with Gasteiger partial charge in [0.05, 0.1) is 6.54 Å². The molecule has 2 heterocycles. The summed E-state index contributed by atoms with van der Waals surface area (Å²) in [5.41, 5.74) is -0.109. The largest absolute Gasteiger partial charge is 0.441 e. The Morgan fingerprint density at radius 3 is 2.50 bits per heavy atom. The Balaban J connectivity index is 1.71. The smallest absolute Gasteiger partial charge is 0.410 e. The van der Waals surface area contributed by atoms with Gasteiger partial charge in [-0.3, -0.25) is 9.69 Å². The molecule has 1 spiro atoms. The second kappa shape index (κ2) is 7.23. The molecule has 0 aliphatic carbocycles. The highest BCUT2D eigenvalue weighted by molar-refractivity contribution is 5.83. The normalized spacial score (nSPS) is 20.6. The molecule has 0 N–H and O–H groups in total. The molecule has 0 bridgehead atoms. The minimum Gasteiger partial charge on any atom is -0.441 e. The predicted molar refractivity (Wildman–Crippen MR) is 95.1 cm³/mol. The molecule has 2 fully saturated rings. The van der Waals surface area contributed by atoms with Crippen LogP contribution in [0.5, 0.6) is 0 Å². The summed E-state index contributed by atoms with van der Waals surface area (Å²) in [7, 11) is 3.55. The lowest BCUT2D eigenvalue weighted by Crippen LogP contribution is -2.51. The number of amides is 2. The monoisotopic (exact) mass is 363 g/mol. The topological polar surface area (TPSA) is 53.1 Å². The number of carbonyl (C=O) groups excluding carboxylic acids is 2. The van der Waals surface area contributed by atoms with Crippen molar-refractivity contribution >= 4 is 12.0 Å². The summed E-state index contributed by atoms with van der Waals surface area (Å²) in [6.07, 6.45) is 0.946. The molecule has 0 radical (unpaired) electrons. The first-order chi connectivity index (χ1) is 12.4. The molecule has 0 saturated carbocycles. The van der Waals surface area contributed by atoms with Crippen molar-refractivity contribution < 1.29 is 18.7 Å². The van der Waals surface area contributed by atoms with Crippen LogP contribution >= 0.6 is 0 Å². The highest BCUT2D eigenvalue weighted by Crippen LogP contribution is 2.34. The molecule has 2 aliphatic rings. The molecule has 3 rings (SSSR count). The number of likely N-dealkylation sites (tertiary alicyclic amines) is 1. The van der Waals surface area contributed by atoms with Crippen molar-refractivity contribution in [1.82, 2.24) is 14.7 Å². The quantitative estimate of drug-likeness (QED) is 0.823. The zero-order valence-electron chi connectivity index (χ0n) is 15.6. The van der Waals surface area contributed by atoms with Crippen LogP contribution in [-0.2, 0) is 9.53 Å². The highest BCUT2D eigenvalue weighted by atomic mass is 19.1. The molecule has 0 aromatic heterocycles. The maximum Gasteiger partial charge on any atom is 0.410 e. The Morgan fingerprint density at radius 1 is 1.31 bits per heavy atom. The van der Waals surface area contributed by atoms with Gasteiger partial charge in [-0.2, -0.15) is 0 Å². The molecule has 7 heteroatoms. The Bertz CT molecular complexity index is 686. The first-order valence-corrected chi connectivity index (χ1v) is 9.04. The van der Waals surface area contributed by atoms with Gasteiger partial charge in [-0.15, -0.1) is 0 Å². The van der Waals surface area contributed by atoms with Crippen molar-refractivity contribution in [2.45, 2.75) is 31.4 Å². The van der Waals surface area contributed by atoms with Gasteiger partial charge in [0.25, 0.3) is 0 Å². The molecule has 1 atom stereocenters. The van der Waals surface area contributed by atoms with Gasteiger partial charge >= 0.3 is 6.09 Å². The molecular weight excluding hydrogens is 337 g/mol. The average molecular weight is 363 g/mol. The number of piperidine rings is 1. The van der Waals surface area contributed by atoms with E-state index in [4.69, 9.17) is 4.74 Å². The van der Waals surface area contributed by atoms with Gasteiger partial charge in [0, 0.05) is 38.0 Å². The van der Waals surface area contributed by atoms with E-state index in [9.17, 15) is 14.0 Å². The summed E-state index contributed by atoms with van der Waals surface area (Å²) >= 11 is 0. The van der Waals surface area contributed by atoms with E-state index in [0.29, 0.717) is 44.6 Å². The molecular formula is C19H26FN3O3. The molecule has 1 aromatic carbocycles. The van der Waals surface area contributed by atoms with Crippen LogP contribution in [0.15, 0.2) is 24.3 Å². The third-order valence-electron chi connectivity index (χ3n) is 5.36. The number of benzene rings is 1. The van der Waals surface area contributed by atoms with E-state index in [0.717, 1.165) is 0 Å². The summed E-state index contributed by atoms with van der Waals surface area (Å²) in [6.45, 7) is 4.13. The van der Waals surface area contributed by atoms with E-state index in [2.05, 4.69) is 0 Å². The SMILES string of the molecule is CCN1CC2(CCN(C(=O)C(c3ccccc3F)N(C)C)CC2)OC1=O. The lowest BCUT2D eigenvalue weighted by atomic mass is 9.90. The van der Waals surface area contributed by atoms with Crippen molar-refractivity contribution in [2.24, 2.45) is 0 Å². The van der Waals surface area contributed by atoms with Gasteiger partial charge in [-0.25, -0.2) is 9.18 Å². The number of likely N-dealkylation sites (N-methyl/N-ethyl adjacent to an activating group) is 2. The van der Waals surface area contributed by atoms with Gasteiger partial charge in [0.1, 0.15) is 17.5 Å². The van der Waals surface area contributed by atoms with Crippen LogP contribution in [0.2, 0.25) is 0 Å². The fourth-order valence-corrected chi connectivity index (χ4v) is 3.83. The number of carbonyl (C=O) groups is 2. The summed E-state index contributed by atoms with van der Waals surface area (Å²) in [4.78, 5) is 30.2. The zero-order chi connectivity index (χ0) is 18.9. The number of hydrogen-bond acceptors (Lipinski definition) is 4. The standard InChI is InChI=1S/C19H26FN3O3/c1-4-22-13-19(26-18(22)25)9-11-23(12-10-19)17(24)16(21(2)3)14-7-5-6-8-15(14)20/h5-8,16H,4,9-13H2,1-3H3. The van der Waals surface area contributed by atoms with Crippen molar-refractivity contribution in [1.29, 1.82) is 0 Å². The number of rotatable bonds is 4. The fraction of sp³-hybridized carbons (Fsp3) is 0.579. The third-order valence-corrected chi connectivity index (χ3v) is 5.36. The van der Waals surface area contributed by atoms with Gasteiger partial charge < -0.3 is 14.5 Å². The van der Waals surface area contributed by atoms with E-state index in [-0.39, 0.29) is 17.8 Å². The molecule has 1 unspecified atom stereocenters. The average Bonchev–Trinajstić information content (AvgIpc) is 2.92. The van der Waals surface area contributed by atoms with Crippen LogP contribution in [0.3, 0.4) is 0 Å². The maximum absolute atomic E-state index is 14.2. The Morgan fingerprint density at radius 2 is 1.96 bits per heavy atom. The fourth-order valence-electron chi connectivity index (χ4n) is 3.83. The summed E-state index contributed by atoms with van der Waals surface area (Å²) in [5, 5.41) is 0. The Labute approximate surface area is 153 Å². The zero-order valence-corrected chi connectivity index (χ0v) is 15.6. The number of ether oxygens (including phenoxy) is 1. The number of nitrogens with zero attached hydrogens (tertiary/aromatic N) is 3. The van der Waals surface area contributed by atoms with Gasteiger partial charge in [-0.1, -0.05) is 18.2 Å². The van der Waals surface area contributed by atoms with Crippen molar-refractivity contribution in [3.8, 4) is 0 Å². The van der Waals surface area contributed by atoms with E-state index < -0.39 is 11.6 Å². The Kier molecular flexibility index (Phi) is 5.18. The second-order valence-electron chi connectivity index (χ2n) is 7.28. The lowest BCUT2D eigenvalue weighted by Gasteiger charge is -2.39. The highest BCUT2D eigenvalue weighted by Gasteiger charge is 2.47. The molecule has 6 nitrogen and oxygen atoms in total. The van der Waals surface area contributed by atoms with Crippen molar-refractivity contribution in [2.75, 3.05) is 40.3 Å². The Hall–Kier alpha value is -2.15. The minimum atomic E-state index is -0.663. The van der Waals surface area contributed by atoms with E-state index in [1.165, 1.54) is 6.07 Å². The lowest BCUT2D eigenvalue weighted by molar-refractivity contribution is -0.139. The summed E-state index contributed by atoms with van der Waals surface area (Å²) in [5.74, 6) is -0.497. The molecule has 2 saturated heterocycles. The van der Waals surface area contributed by atoms with Crippen LogP contribution in [0.25, 0.3) is 0 Å². The van der Waals surface area contributed by atoms with Crippen LogP contribution in [0.4, 0.5) is 9.18 Å². The molecule has 2 amide bonds. The van der Waals surface area contributed by atoms with Crippen molar-refractivity contribution in [3.63, 3.8) is 0 Å². The first kappa shape index (κ1) is 18.6. The first-order valence-electron chi connectivity index (χ1n) is 9.04. The van der Waals surface area contributed by atoms with E-state index >= 15 is 0 Å². The van der Waals surface area contributed by atoms with Crippen LogP contribution in [-0.4, -0.2) is 72.6 Å². The summed E-state index contributed by atoms with van der Waals surface area (Å²) < 4.78 is 19.8. The van der Waals surface area contributed by atoms with Gasteiger partial charge in [0.2, 0.25) is 5.91 Å². The second-order valence-corrected chi connectivity index (χ2v) is 7.28. The molecule has 26 heavy (non-hydrogen) atoms. The van der Waals surface area contributed by atoms with Gasteiger partial charge in [0.15, 0.2) is 0 Å². The maximum atomic E-state index is 14.2. The van der Waals surface area contributed by atoms with Crippen LogP contribution in [0.1, 0.15) is 31.4 Å². The summed E-state index contributed by atoms with van der Waals surface area (Å²) in [6, 6.07) is 5.73. The van der Waals surface area contributed by atoms with Crippen molar-refractivity contribution in [3.05, 3.63) is 35.6 Å². The van der Waals surface area contributed by atoms with Crippen LogP contribution < -0.4 is 0 Å². The van der Waals surface area contributed by atoms with E-state index in [1.54, 1.807) is 47.0 Å².